The molecule has 0 aliphatic heterocycles. The van der Waals surface area contributed by atoms with E-state index >= 15 is 0 Å². The molecular formula is C15H14O. The lowest BCUT2D eigenvalue weighted by Gasteiger charge is -2.24. The highest BCUT2D eigenvalue weighted by Crippen LogP contribution is 2.36. The van der Waals surface area contributed by atoms with E-state index in [1.165, 1.54) is 10.8 Å². The fourth-order valence-corrected chi connectivity index (χ4v) is 2.41. The van der Waals surface area contributed by atoms with Gasteiger partial charge in [0, 0.05) is 5.92 Å². The Hall–Kier alpha value is -1.60. The molecule has 2 aromatic rings. The monoisotopic (exact) mass is 210 g/mol. The third-order valence-corrected chi connectivity index (χ3v) is 3.38. The third kappa shape index (κ3) is 1.29. The van der Waals surface area contributed by atoms with E-state index in [-0.39, 0.29) is 12.0 Å². The molecule has 0 saturated heterocycles. The van der Waals surface area contributed by atoms with Gasteiger partial charge in [-0.1, -0.05) is 55.5 Å². The molecule has 0 fully saturated rings. The first-order valence-corrected chi connectivity index (χ1v) is 5.65. The average molecular weight is 210 g/mol. The maximum Gasteiger partial charge on any atom is 0.0861 e. The molecule has 80 valence electrons. The zero-order valence-electron chi connectivity index (χ0n) is 9.22. The van der Waals surface area contributed by atoms with Crippen LogP contribution in [0.3, 0.4) is 0 Å². The Morgan fingerprint density at radius 2 is 1.88 bits per heavy atom. The lowest BCUT2D eigenvalue weighted by atomic mass is 9.85. The highest BCUT2D eigenvalue weighted by molar-refractivity contribution is 5.89. The van der Waals surface area contributed by atoms with Crippen LogP contribution in [0.1, 0.15) is 24.2 Å². The maximum absolute atomic E-state index is 10.3. The first kappa shape index (κ1) is 9.61. The molecule has 2 atom stereocenters. The van der Waals surface area contributed by atoms with Crippen molar-refractivity contribution < 1.29 is 5.11 Å². The molecule has 0 unspecified atom stereocenters. The van der Waals surface area contributed by atoms with E-state index in [1.54, 1.807) is 0 Å². The molecule has 0 amide bonds. The Morgan fingerprint density at radius 3 is 2.75 bits per heavy atom. The van der Waals surface area contributed by atoms with Gasteiger partial charge in [-0.25, -0.2) is 0 Å². The van der Waals surface area contributed by atoms with E-state index in [0.29, 0.717) is 0 Å². The lowest BCUT2D eigenvalue weighted by Crippen LogP contribution is -2.12. The van der Waals surface area contributed by atoms with Gasteiger partial charge >= 0.3 is 0 Å². The van der Waals surface area contributed by atoms with E-state index in [4.69, 9.17) is 0 Å². The summed E-state index contributed by atoms with van der Waals surface area (Å²) in [6.45, 7) is 2.05. The van der Waals surface area contributed by atoms with E-state index in [9.17, 15) is 5.11 Å². The molecule has 0 aromatic heterocycles. The summed E-state index contributed by atoms with van der Waals surface area (Å²) >= 11 is 0. The van der Waals surface area contributed by atoms with Crippen LogP contribution in [0.2, 0.25) is 0 Å². The molecule has 1 N–H and O–H groups in total. The molecule has 1 heteroatoms. The van der Waals surface area contributed by atoms with Crippen molar-refractivity contribution in [2.75, 3.05) is 0 Å². The first-order chi connectivity index (χ1) is 7.77. The summed E-state index contributed by atoms with van der Waals surface area (Å²) in [5.74, 6) is 0.193. The number of rotatable bonds is 0. The van der Waals surface area contributed by atoms with Crippen LogP contribution in [0.15, 0.2) is 42.5 Å². The molecule has 1 aliphatic carbocycles. The molecule has 1 aliphatic rings. The average Bonchev–Trinajstić information content (AvgIpc) is 2.33. The van der Waals surface area contributed by atoms with E-state index in [0.717, 1.165) is 11.1 Å². The third-order valence-electron chi connectivity index (χ3n) is 3.38. The minimum absolute atomic E-state index is 0.193. The minimum Gasteiger partial charge on any atom is -0.388 e. The minimum atomic E-state index is -0.383. The highest BCUT2D eigenvalue weighted by atomic mass is 16.3. The van der Waals surface area contributed by atoms with Crippen molar-refractivity contribution in [2.45, 2.75) is 13.0 Å². The van der Waals surface area contributed by atoms with Gasteiger partial charge in [0.2, 0.25) is 0 Å². The fourth-order valence-electron chi connectivity index (χ4n) is 2.41. The molecule has 0 radical (unpaired) electrons. The molecule has 3 rings (SSSR count). The number of benzene rings is 2. The lowest BCUT2D eigenvalue weighted by molar-refractivity contribution is 0.139. The van der Waals surface area contributed by atoms with Gasteiger partial charge in [-0.2, -0.15) is 0 Å². The maximum atomic E-state index is 10.3. The van der Waals surface area contributed by atoms with Crippen molar-refractivity contribution in [3.8, 4) is 0 Å². The number of hydrogen-bond donors (Lipinski definition) is 1. The molecule has 0 saturated carbocycles. The Bertz CT molecular complexity index is 569. The Balaban J connectivity index is 2.37. The quantitative estimate of drug-likeness (QED) is 0.705. The predicted octanol–water partition coefficient (Wildman–Crippen LogP) is 3.54. The van der Waals surface area contributed by atoms with Crippen molar-refractivity contribution in [3.63, 3.8) is 0 Å². The van der Waals surface area contributed by atoms with Crippen LogP contribution >= 0.6 is 0 Å². The summed E-state index contributed by atoms with van der Waals surface area (Å²) in [7, 11) is 0. The van der Waals surface area contributed by atoms with Crippen LogP contribution in [0.4, 0.5) is 0 Å². The van der Waals surface area contributed by atoms with Gasteiger partial charge in [0.15, 0.2) is 0 Å². The highest BCUT2D eigenvalue weighted by Gasteiger charge is 2.22. The van der Waals surface area contributed by atoms with Crippen LogP contribution in [-0.4, -0.2) is 5.11 Å². The van der Waals surface area contributed by atoms with Crippen molar-refractivity contribution in [2.24, 2.45) is 5.92 Å². The molecule has 2 aromatic carbocycles. The first-order valence-electron chi connectivity index (χ1n) is 5.65. The smallest absolute Gasteiger partial charge is 0.0861 e. The molecular weight excluding hydrogens is 196 g/mol. The topological polar surface area (TPSA) is 20.2 Å². The van der Waals surface area contributed by atoms with Gasteiger partial charge in [-0.15, -0.1) is 0 Å². The molecule has 0 heterocycles. The summed E-state index contributed by atoms with van der Waals surface area (Å²) in [6, 6.07) is 12.4. The summed E-state index contributed by atoms with van der Waals surface area (Å²) in [5.41, 5.74) is 2.22. The van der Waals surface area contributed by atoms with Gasteiger partial charge in [0.25, 0.3) is 0 Å². The van der Waals surface area contributed by atoms with Gasteiger partial charge in [0.1, 0.15) is 0 Å². The van der Waals surface area contributed by atoms with Gasteiger partial charge in [-0.3, -0.25) is 0 Å². The number of aliphatic hydroxyl groups is 1. The van der Waals surface area contributed by atoms with Crippen LogP contribution < -0.4 is 0 Å². The van der Waals surface area contributed by atoms with Gasteiger partial charge in [0.05, 0.1) is 6.10 Å². The SMILES string of the molecule is C[C@H]1C=Cc2ccc3ccccc3c2[C@H]1O. The number of aliphatic hydroxyl groups excluding tert-OH is 1. The van der Waals surface area contributed by atoms with E-state index in [1.807, 2.05) is 19.1 Å². The Kier molecular flexibility index (Phi) is 2.08. The van der Waals surface area contributed by atoms with Gasteiger partial charge in [-0.05, 0) is 21.9 Å². The standard InChI is InChI=1S/C15H14O/c1-10-6-7-12-9-8-11-4-2-3-5-13(11)14(12)15(10)16/h2-10,15-16H,1H3/t10-,15-/m0/s1. The van der Waals surface area contributed by atoms with Crippen LogP contribution in [-0.2, 0) is 0 Å². The van der Waals surface area contributed by atoms with Crippen LogP contribution in [0.5, 0.6) is 0 Å². The summed E-state index contributed by atoms with van der Waals surface area (Å²) in [6.07, 6.45) is 3.80. The van der Waals surface area contributed by atoms with Crippen LogP contribution in [0.25, 0.3) is 16.8 Å². The van der Waals surface area contributed by atoms with Crippen molar-refractivity contribution >= 4 is 16.8 Å². The second-order valence-corrected chi connectivity index (χ2v) is 4.45. The number of hydrogen-bond acceptors (Lipinski definition) is 1. The zero-order chi connectivity index (χ0) is 11.1. The molecule has 0 bridgehead atoms. The van der Waals surface area contributed by atoms with Crippen molar-refractivity contribution in [1.29, 1.82) is 0 Å². The molecule has 16 heavy (non-hydrogen) atoms. The van der Waals surface area contributed by atoms with Gasteiger partial charge < -0.3 is 5.11 Å². The normalized spacial score (nSPS) is 23.4. The van der Waals surface area contributed by atoms with E-state index in [2.05, 4.69) is 36.4 Å². The zero-order valence-corrected chi connectivity index (χ0v) is 9.22. The second-order valence-electron chi connectivity index (χ2n) is 4.45. The summed E-state index contributed by atoms with van der Waals surface area (Å²) < 4.78 is 0. The van der Waals surface area contributed by atoms with Crippen molar-refractivity contribution in [1.82, 2.24) is 0 Å². The molecule has 1 nitrogen and oxygen atoms in total. The predicted molar refractivity (Wildman–Crippen MR) is 67.1 cm³/mol. The van der Waals surface area contributed by atoms with Crippen LogP contribution in [0, 0.1) is 5.92 Å². The summed E-state index contributed by atoms with van der Waals surface area (Å²) in [4.78, 5) is 0. The van der Waals surface area contributed by atoms with Crippen molar-refractivity contribution in [3.05, 3.63) is 53.6 Å². The molecule has 0 spiro atoms. The largest absolute Gasteiger partial charge is 0.388 e. The summed E-state index contributed by atoms with van der Waals surface area (Å²) in [5, 5.41) is 12.6. The van der Waals surface area contributed by atoms with E-state index < -0.39 is 0 Å². The second kappa shape index (κ2) is 3.46. The Morgan fingerprint density at radius 1 is 1.06 bits per heavy atom. The number of fused-ring (bicyclic) bond motifs is 3. The Labute approximate surface area is 95.0 Å². The fraction of sp³-hybridized carbons (Fsp3) is 0.200.